The fourth-order valence-corrected chi connectivity index (χ4v) is 5.97. The van der Waals surface area contributed by atoms with Gasteiger partial charge in [0.25, 0.3) is 0 Å². The maximum atomic E-state index is 14.6. The number of carbonyl (C=O) groups is 2. The van der Waals surface area contributed by atoms with Gasteiger partial charge in [-0.2, -0.15) is 0 Å². The van der Waals surface area contributed by atoms with Gasteiger partial charge in [-0.3, -0.25) is 4.79 Å². The molecule has 0 spiro atoms. The Labute approximate surface area is 206 Å². The molecule has 2 bridgehead atoms. The molecular formula is C27H26F2NO4S+. The molecule has 0 saturated carbocycles. The quantitative estimate of drug-likeness (QED) is 0.236. The Morgan fingerprint density at radius 2 is 1.83 bits per heavy atom. The third kappa shape index (κ3) is 5.13. The maximum Gasteiger partial charge on any atom is 0.509 e. The van der Waals surface area contributed by atoms with Crippen molar-refractivity contribution in [3.63, 3.8) is 0 Å². The number of fused-ring (bicyclic) bond motifs is 3. The minimum Gasteiger partial charge on any atom is -0.425 e. The summed E-state index contributed by atoms with van der Waals surface area (Å²) in [5.74, 6) is -0.776. The van der Waals surface area contributed by atoms with Crippen LogP contribution in [0.25, 0.3) is 0 Å². The number of quaternary nitrogens is 1. The van der Waals surface area contributed by atoms with Gasteiger partial charge < -0.3 is 14.0 Å². The summed E-state index contributed by atoms with van der Waals surface area (Å²) in [6, 6.07) is 15.2. The number of hydrogen-bond donors (Lipinski definition) is 0. The van der Waals surface area contributed by atoms with E-state index < -0.39 is 30.0 Å². The van der Waals surface area contributed by atoms with Crippen molar-refractivity contribution >= 4 is 23.3 Å². The number of halogens is 2. The average molecular weight is 499 g/mol. The van der Waals surface area contributed by atoms with E-state index in [1.165, 1.54) is 47.7 Å². The molecule has 0 amide bonds. The number of benzene rings is 2. The first-order valence-corrected chi connectivity index (χ1v) is 12.6. The third-order valence-corrected chi connectivity index (χ3v) is 8.03. The van der Waals surface area contributed by atoms with E-state index in [-0.39, 0.29) is 17.3 Å². The highest BCUT2D eigenvalue weighted by Gasteiger charge is 2.49. The van der Waals surface area contributed by atoms with Crippen LogP contribution < -0.4 is 0 Å². The van der Waals surface area contributed by atoms with Crippen molar-refractivity contribution in [2.75, 3.05) is 26.2 Å². The van der Waals surface area contributed by atoms with Crippen molar-refractivity contribution in [2.45, 2.75) is 25.0 Å². The molecule has 8 heteroatoms. The third-order valence-electron chi connectivity index (χ3n) is 7.12. The Balaban J connectivity index is 1.31. The van der Waals surface area contributed by atoms with Crippen molar-refractivity contribution in [2.24, 2.45) is 5.92 Å². The van der Waals surface area contributed by atoms with Crippen molar-refractivity contribution < 1.29 is 32.3 Å². The first-order valence-electron chi connectivity index (χ1n) is 11.7. The van der Waals surface area contributed by atoms with Gasteiger partial charge in [0.1, 0.15) is 24.7 Å². The zero-order valence-corrected chi connectivity index (χ0v) is 19.9. The minimum absolute atomic E-state index is 0.104. The summed E-state index contributed by atoms with van der Waals surface area (Å²) < 4.78 is 40.5. The number of piperidine rings is 3. The predicted molar refractivity (Wildman–Crippen MR) is 127 cm³/mol. The summed E-state index contributed by atoms with van der Waals surface area (Å²) in [7, 11) is 0. The monoisotopic (exact) mass is 498 g/mol. The lowest BCUT2D eigenvalue weighted by Crippen LogP contribution is -2.65. The van der Waals surface area contributed by atoms with Gasteiger partial charge in [-0.05, 0) is 29.6 Å². The molecule has 3 fully saturated rings. The van der Waals surface area contributed by atoms with E-state index in [2.05, 4.69) is 0 Å². The van der Waals surface area contributed by atoms with Crippen molar-refractivity contribution in [3.8, 4) is 0 Å². The highest BCUT2D eigenvalue weighted by molar-refractivity contribution is 7.12. The lowest BCUT2D eigenvalue weighted by atomic mass is 9.83. The molecule has 1 aromatic heterocycles. The van der Waals surface area contributed by atoms with Crippen LogP contribution in [-0.2, 0) is 9.47 Å². The Bertz CT molecular complexity index is 1210. The number of thiophene rings is 1. The Morgan fingerprint density at radius 3 is 2.54 bits per heavy atom. The summed E-state index contributed by atoms with van der Waals surface area (Å²) >= 11 is 1.44. The normalized spacial score (nSPS) is 24.1. The van der Waals surface area contributed by atoms with E-state index >= 15 is 0 Å². The van der Waals surface area contributed by atoms with Crippen LogP contribution in [0.2, 0.25) is 0 Å². The van der Waals surface area contributed by atoms with Gasteiger partial charge >= 0.3 is 6.16 Å². The molecule has 3 aromatic rings. The van der Waals surface area contributed by atoms with E-state index in [0.29, 0.717) is 23.1 Å². The second-order valence-electron chi connectivity index (χ2n) is 9.35. The highest BCUT2D eigenvalue weighted by Crippen LogP contribution is 2.37. The van der Waals surface area contributed by atoms with Gasteiger partial charge in [-0.25, -0.2) is 13.6 Å². The molecule has 182 valence electrons. The summed E-state index contributed by atoms with van der Waals surface area (Å²) in [6.07, 6.45) is -0.755. The van der Waals surface area contributed by atoms with Crippen LogP contribution >= 0.6 is 11.3 Å². The zero-order chi connectivity index (χ0) is 24.4. The summed E-state index contributed by atoms with van der Waals surface area (Å²) in [6.45, 7) is 2.67. The predicted octanol–water partition coefficient (Wildman–Crippen LogP) is 5.76. The molecule has 2 aromatic carbocycles. The standard InChI is InChI=1S/C27H26F2NO4S/c28-20-6-3-5-19(15-20)26(21-7-1-2-8-22(21)29)34-27(32)33-24-17-30(12-10-18(24)11-13-30)16-23(31)25-9-4-14-35-25/h1-9,14-15,18,24,26H,10-13,16-17H2/q+1/t18?,24-,26?,30?/m0/s1. The van der Waals surface area contributed by atoms with Crippen LogP contribution in [0.5, 0.6) is 0 Å². The van der Waals surface area contributed by atoms with Gasteiger partial charge in [-0.1, -0.05) is 36.4 Å². The van der Waals surface area contributed by atoms with Crippen molar-refractivity contribution in [3.05, 3.63) is 93.7 Å². The van der Waals surface area contributed by atoms with Gasteiger partial charge in [0.2, 0.25) is 5.78 Å². The van der Waals surface area contributed by atoms with E-state index in [0.717, 1.165) is 30.8 Å². The van der Waals surface area contributed by atoms with Crippen LogP contribution in [-0.4, -0.2) is 48.7 Å². The lowest BCUT2D eigenvalue weighted by molar-refractivity contribution is -0.938. The largest absolute Gasteiger partial charge is 0.509 e. The lowest BCUT2D eigenvalue weighted by Gasteiger charge is -2.51. The van der Waals surface area contributed by atoms with E-state index in [4.69, 9.17) is 9.47 Å². The van der Waals surface area contributed by atoms with Gasteiger partial charge in [-0.15, -0.1) is 11.3 Å². The number of ether oxygens (including phenoxy) is 2. The number of carbonyl (C=O) groups excluding carboxylic acids is 2. The number of rotatable bonds is 7. The van der Waals surface area contributed by atoms with Crippen LogP contribution in [0.3, 0.4) is 0 Å². The second-order valence-corrected chi connectivity index (χ2v) is 10.3. The van der Waals surface area contributed by atoms with Gasteiger partial charge in [0, 0.05) is 29.9 Å². The van der Waals surface area contributed by atoms with E-state index in [1.807, 2.05) is 17.5 Å². The Kier molecular flexibility index (Phi) is 6.67. The smallest absolute Gasteiger partial charge is 0.425 e. The SMILES string of the molecule is O=C(OC(c1cccc(F)c1)c1ccccc1F)O[C@H]1C[N+]2(CC(=O)c3cccs3)CCC1CC2. The number of nitrogens with zero attached hydrogens (tertiary/aromatic N) is 1. The summed E-state index contributed by atoms with van der Waals surface area (Å²) in [5, 5.41) is 1.89. The Morgan fingerprint density at radius 1 is 1.03 bits per heavy atom. The molecule has 2 atom stereocenters. The first kappa shape index (κ1) is 23.6. The second kappa shape index (κ2) is 9.87. The van der Waals surface area contributed by atoms with Crippen LogP contribution in [0, 0.1) is 17.6 Å². The fourth-order valence-electron chi connectivity index (χ4n) is 5.31. The molecule has 6 rings (SSSR count). The molecule has 1 unspecified atom stereocenters. The molecule has 4 heterocycles. The molecule has 5 nitrogen and oxygen atoms in total. The van der Waals surface area contributed by atoms with E-state index in [9.17, 15) is 18.4 Å². The highest BCUT2D eigenvalue weighted by atomic mass is 32.1. The van der Waals surface area contributed by atoms with Crippen molar-refractivity contribution in [1.82, 2.24) is 0 Å². The zero-order valence-electron chi connectivity index (χ0n) is 19.1. The molecule has 35 heavy (non-hydrogen) atoms. The summed E-state index contributed by atoms with van der Waals surface area (Å²) in [4.78, 5) is 26.5. The van der Waals surface area contributed by atoms with Gasteiger partial charge in [0.05, 0.1) is 18.0 Å². The molecule has 0 radical (unpaired) electrons. The topological polar surface area (TPSA) is 52.6 Å². The van der Waals surface area contributed by atoms with Crippen LogP contribution in [0.15, 0.2) is 66.0 Å². The summed E-state index contributed by atoms with van der Waals surface area (Å²) in [5.41, 5.74) is 0.431. The molecule has 0 N–H and O–H groups in total. The number of Topliss-reactive ketones (excluding diaryl/α,β-unsaturated/α-hetero) is 1. The average Bonchev–Trinajstić information content (AvgIpc) is 3.39. The first-order chi connectivity index (χ1) is 16.9. The molecule has 0 aliphatic carbocycles. The molecule has 3 saturated heterocycles. The van der Waals surface area contributed by atoms with Crippen LogP contribution in [0.1, 0.15) is 39.7 Å². The van der Waals surface area contributed by atoms with Crippen LogP contribution in [0.4, 0.5) is 13.6 Å². The van der Waals surface area contributed by atoms with E-state index in [1.54, 1.807) is 12.1 Å². The number of ketones is 1. The number of hydrogen-bond acceptors (Lipinski definition) is 5. The van der Waals surface area contributed by atoms with Crippen molar-refractivity contribution in [1.29, 1.82) is 0 Å². The molecule has 3 aliphatic rings. The molecule has 3 aliphatic heterocycles. The van der Waals surface area contributed by atoms with Gasteiger partial charge in [0.15, 0.2) is 12.2 Å². The minimum atomic E-state index is -1.15. The molecular weight excluding hydrogens is 472 g/mol. The maximum absolute atomic E-state index is 14.6. The fraction of sp³-hybridized carbons (Fsp3) is 0.333. The Hall–Kier alpha value is -3.10.